The molecule has 3 heteroatoms. The predicted molar refractivity (Wildman–Crippen MR) is 53.3 cm³/mol. The highest BCUT2D eigenvalue weighted by Gasteiger charge is 2.22. The summed E-state index contributed by atoms with van der Waals surface area (Å²) in [4.78, 5) is 22.3. The molecular weight excluding hydrogens is 180 g/mol. The van der Waals surface area contributed by atoms with Crippen molar-refractivity contribution in [2.24, 2.45) is 0 Å². The fourth-order valence-corrected chi connectivity index (χ4v) is 1.43. The maximum atomic E-state index is 11.2. The molecule has 0 radical (unpaired) electrons. The molecule has 0 fully saturated rings. The van der Waals surface area contributed by atoms with E-state index in [4.69, 9.17) is 4.74 Å². The van der Waals surface area contributed by atoms with Crippen molar-refractivity contribution >= 4 is 0 Å². The molecule has 0 heterocycles. The van der Waals surface area contributed by atoms with Crippen LogP contribution in [0.4, 0.5) is 0 Å². The zero-order valence-electron chi connectivity index (χ0n) is 7.61. The van der Waals surface area contributed by atoms with E-state index in [1.165, 1.54) is 7.11 Å². The van der Waals surface area contributed by atoms with Crippen LogP contribution in [-0.4, -0.2) is 7.11 Å². The average Bonchev–Trinajstić information content (AvgIpc) is 2.25. The molecule has 0 unspecified atom stereocenters. The van der Waals surface area contributed by atoms with Gasteiger partial charge >= 0.3 is 0 Å². The minimum Gasteiger partial charge on any atom is -0.492 e. The van der Waals surface area contributed by atoms with Gasteiger partial charge in [0.1, 0.15) is 0 Å². The lowest BCUT2D eigenvalue weighted by molar-refractivity contribution is 0.407. The van der Waals surface area contributed by atoms with Crippen molar-refractivity contribution in [1.29, 1.82) is 0 Å². The molecule has 0 aliphatic rings. The van der Waals surface area contributed by atoms with E-state index in [1.54, 1.807) is 12.1 Å². The highest BCUT2D eigenvalue weighted by atomic mass is 16.5. The van der Waals surface area contributed by atoms with Gasteiger partial charge in [-0.15, -0.1) is 0 Å². The van der Waals surface area contributed by atoms with E-state index in [0.29, 0.717) is 5.56 Å². The molecule has 0 aliphatic carbocycles. The largest absolute Gasteiger partial charge is 0.492 e. The van der Waals surface area contributed by atoms with Crippen LogP contribution in [0.25, 0.3) is 11.1 Å². The molecule has 0 saturated carbocycles. The van der Waals surface area contributed by atoms with E-state index in [9.17, 15) is 9.59 Å². The van der Waals surface area contributed by atoms with Crippen LogP contribution >= 0.6 is 0 Å². The van der Waals surface area contributed by atoms with E-state index < -0.39 is 10.9 Å². The molecular formula is C11H8O3. The second kappa shape index (κ2) is 3.10. The van der Waals surface area contributed by atoms with Crippen LogP contribution in [0.1, 0.15) is 0 Å². The summed E-state index contributed by atoms with van der Waals surface area (Å²) >= 11 is 0. The Labute approximate surface area is 80.3 Å². The Kier molecular flexibility index (Phi) is 1.93. The van der Waals surface area contributed by atoms with Gasteiger partial charge in [0.15, 0.2) is 5.75 Å². The van der Waals surface area contributed by atoms with Crippen LogP contribution in [0.3, 0.4) is 0 Å². The van der Waals surface area contributed by atoms with Crippen LogP contribution in [0.5, 0.6) is 5.75 Å². The lowest BCUT2D eigenvalue weighted by Gasteiger charge is -2.08. The molecule has 0 bridgehead atoms. The summed E-state index contributed by atoms with van der Waals surface area (Å²) in [7, 11) is 1.39. The predicted octanol–water partition coefficient (Wildman–Crippen LogP) is 0.958. The molecule has 70 valence electrons. The summed E-state index contributed by atoms with van der Waals surface area (Å²) in [5, 5.41) is 0. The third-order valence-corrected chi connectivity index (χ3v) is 2.13. The van der Waals surface area contributed by atoms with Gasteiger partial charge in [0, 0.05) is 0 Å². The van der Waals surface area contributed by atoms with Crippen molar-refractivity contribution < 1.29 is 4.74 Å². The molecule has 0 saturated heterocycles. The number of rotatable bonds is 2. The summed E-state index contributed by atoms with van der Waals surface area (Å²) in [5.74, 6) is 0.168. The molecule has 3 nitrogen and oxygen atoms in total. The fourth-order valence-electron chi connectivity index (χ4n) is 1.43. The molecule has 0 aliphatic heterocycles. The van der Waals surface area contributed by atoms with Gasteiger partial charge < -0.3 is 4.74 Å². The maximum absolute atomic E-state index is 11.2. The van der Waals surface area contributed by atoms with Crippen LogP contribution in [0, 0.1) is 0 Å². The molecule has 14 heavy (non-hydrogen) atoms. The Morgan fingerprint density at radius 1 is 1.00 bits per heavy atom. The Balaban J connectivity index is 2.60. The van der Waals surface area contributed by atoms with Crippen LogP contribution in [0.2, 0.25) is 0 Å². The highest BCUT2D eigenvalue weighted by Crippen LogP contribution is 2.24. The monoisotopic (exact) mass is 188 g/mol. The Hall–Kier alpha value is -1.90. The molecule has 0 aromatic heterocycles. The summed E-state index contributed by atoms with van der Waals surface area (Å²) in [6.07, 6.45) is 0. The van der Waals surface area contributed by atoms with Crippen molar-refractivity contribution in [2.75, 3.05) is 7.11 Å². The smallest absolute Gasteiger partial charge is 0.268 e. The van der Waals surface area contributed by atoms with Crippen molar-refractivity contribution in [2.45, 2.75) is 0 Å². The fraction of sp³-hybridized carbons (Fsp3) is 0.0909. The second-order valence-electron chi connectivity index (χ2n) is 2.93. The Bertz CT molecular complexity index is 519. The van der Waals surface area contributed by atoms with Gasteiger partial charge in [-0.1, -0.05) is 30.3 Å². The minimum absolute atomic E-state index is 0.168. The average molecular weight is 188 g/mol. The van der Waals surface area contributed by atoms with Crippen molar-refractivity contribution in [3.8, 4) is 16.9 Å². The minimum atomic E-state index is -0.536. The van der Waals surface area contributed by atoms with E-state index in [0.717, 1.165) is 5.56 Å². The normalized spacial score (nSPS) is 10.4. The van der Waals surface area contributed by atoms with Gasteiger partial charge in [-0.25, -0.2) is 0 Å². The van der Waals surface area contributed by atoms with Gasteiger partial charge in [0.25, 0.3) is 5.43 Å². The molecule has 0 spiro atoms. The number of methoxy groups -OCH3 is 1. The van der Waals surface area contributed by atoms with Gasteiger partial charge in [-0.3, -0.25) is 9.59 Å². The van der Waals surface area contributed by atoms with Gasteiger partial charge in [-0.05, 0) is 5.56 Å². The lowest BCUT2D eigenvalue weighted by atomic mass is 10.0. The first-order valence-corrected chi connectivity index (χ1v) is 4.18. The lowest BCUT2D eigenvalue weighted by Crippen LogP contribution is -2.33. The zero-order valence-corrected chi connectivity index (χ0v) is 7.61. The SMILES string of the molecule is COc1c(-c2ccccc2)c(=O)c1=O. The summed E-state index contributed by atoms with van der Waals surface area (Å²) in [6.45, 7) is 0. The first kappa shape index (κ1) is 8.69. The Morgan fingerprint density at radius 3 is 2.21 bits per heavy atom. The van der Waals surface area contributed by atoms with Crippen LogP contribution in [-0.2, 0) is 0 Å². The zero-order chi connectivity index (χ0) is 10.1. The molecule has 0 amide bonds. The third kappa shape index (κ3) is 1.06. The van der Waals surface area contributed by atoms with Crippen molar-refractivity contribution in [3.05, 3.63) is 50.8 Å². The van der Waals surface area contributed by atoms with Crippen molar-refractivity contribution in [3.63, 3.8) is 0 Å². The van der Waals surface area contributed by atoms with Crippen LogP contribution < -0.4 is 15.6 Å². The van der Waals surface area contributed by atoms with Crippen molar-refractivity contribution in [1.82, 2.24) is 0 Å². The van der Waals surface area contributed by atoms with Crippen LogP contribution in [0.15, 0.2) is 39.9 Å². The summed E-state index contributed by atoms with van der Waals surface area (Å²) in [6, 6.07) is 9.02. The topological polar surface area (TPSA) is 43.4 Å². The number of hydrogen-bond donors (Lipinski definition) is 0. The second-order valence-corrected chi connectivity index (χ2v) is 2.93. The number of benzene rings is 1. The quantitative estimate of drug-likeness (QED) is 0.659. The number of hydrogen-bond acceptors (Lipinski definition) is 3. The molecule has 2 rings (SSSR count). The molecule has 0 atom stereocenters. The van der Waals surface area contributed by atoms with E-state index in [2.05, 4.69) is 0 Å². The van der Waals surface area contributed by atoms with E-state index in [1.807, 2.05) is 18.2 Å². The standard InChI is InChI=1S/C11H8O3/c1-14-11-8(9(12)10(11)13)7-5-3-2-4-6-7/h2-6H,1H3. The Morgan fingerprint density at radius 2 is 1.64 bits per heavy atom. The summed E-state index contributed by atoms with van der Waals surface area (Å²) in [5.41, 5.74) is 0.117. The number of ether oxygens (including phenoxy) is 1. The maximum Gasteiger partial charge on any atom is 0.268 e. The first-order valence-electron chi connectivity index (χ1n) is 4.18. The third-order valence-electron chi connectivity index (χ3n) is 2.13. The van der Waals surface area contributed by atoms with Gasteiger partial charge in [0.2, 0.25) is 5.43 Å². The van der Waals surface area contributed by atoms with E-state index >= 15 is 0 Å². The summed E-state index contributed by atoms with van der Waals surface area (Å²) < 4.78 is 4.85. The first-order chi connectivity index (χ1) is 6.75. The van der Waals surface area contributed by atoms with Gasteiger partial charge in [-0.2, -0.15) is 0 Å². The molecule has 2 aromatic carbocycles. The van der Waals surface area contributed by atoms with E-state index in [-0.39, 0.29) is 5.75 Å². The molecule has 2 aromatic rings. The highest BCUT2D eigenvalue weighted by molar-refractivity contribution is 5.73. The van der Waals surface area contributed by atoms with Gasteiger partial charge in [0.05, 0.1) is 12.7 Å². The molecule has 0 N–H and O–H groups in total.